The van der Waals surface area contributed by atoms with Gasteiger partial charge in [0.15, 0.2) is 0 Å². The summed E-state index contributed by atoms with van der Waals surface area (Å²) in [5.74, 6) is 0.0345. The monoisotopic (exact) mass is 445 g/mol. The van der Waals surface area contributed by atoms with E-state index in [0.717, 1.165) is 37.4 Å². The molecule has 2 aromatic rings. The van der Waals surface area contributed by atoms with Crippen LogP contribution in [0.25, 0.3) is 0 Å². The summed E-state index contributed by atoms with van der Waals surface area (Å²) in [6.07, 6.45) is 7.36. The Morgan fingerprint density at radius 3 is 2.30 bits per heavy atom. The first-order valence-corrected chi connectivity index (χ1v) is 12.2. The van der Waals surface area contributed by atoms with Crippen LogP contribution in [-0.4, -0.2) is 53.2 Å². The number of nitrogens with zero attached hydrogens (tertiary/aromatic N) is 2. The summed E-state index contributed by atoms with van der Waals surface area (Å²) in [4.78, 5) is 42.4. The third kappa shape index (κ3) is 4.71. The van der Waals surface area contributed by atoms with Gasteiger partial charge in [0.25, 0.3) is 17.7 Å². The Morgan fingerprint density at radius 1 is 0.879 bits per heavy atom. The number of hydrogen-bond donors (Lipinski definition) is 1. The third-order valence-electron chi connectivity index (χ3n) is 7.33. The van der Waals surface area contributed by atoms with Crippen molar-refractivity contribution in [1.29, 1.82) is 0 Å². The molecule has 0 bridgehead atoms. The van der Waals surface area contributed by atoms with E-state index in [0.29, 0.717) is 16.7 Å². The summed E-state index contributed by atoms with van der Waals surface area (Å²) >= 11 is 0. The first kappa shape index (κ1) is 21.8. The van der Waals surface area contributed by atoms with Crippen molar-refractivity contribution < 1.29 is 14.4 Å². The molecule has 3 aliphatic rings. The van der Waals surface area contributed by atoms with Gasteiger partial charge in [0.05, 0.1) is 17.7 Å². The maximum atomic E-state index is 12.9. The third-order valence-corrected chi connectivity index (χ3v) is 7.33. The van der Waals surface area contributed by atoms with Gasteiger partial charge in [0.2, 0.25) is 0 Å². The molecule has 5 rings (SSSR count). The predicted molar refractivity (Wildman–Crippen MR) is 126 cm³/mol. The number of nitrogens with one attached hydrogen (secondary N) is 1. The standard InChI is InChI=1S/C27H31N3O3/c31-25(28-22-12-14-29(15-13-22)17-19-8-4-5-9-19)21-10-11-23-24(16-21)27(33)30(26(23)32)18-20-6-2-1-3-7-20/h1-3,6-7,10-11,16,19,22H,4-5,8-9,12-15,17-18H2,(H,28,31). The lowest BCUT2D eigenvalue weighted by Crippen LogP contribution is -2.45. The molecule has 1 saturated carbocycles. The number of imide groups is 1. The Bertz CT molecular complexity index is 1040. The van der Waals surface area contributed by atoms with E-state index in [1.807, 2.05) is 30.3 Å². The SMILES string of the molecule is O=C(NC1CCN(CC2CCCC2)CC1)c1ccc2c(c1)C(=O)N(Cc1ccccc1)C2=O. The van der Waals surface area contributed by atoms with Crippen molar-refractivity contribution in [2.75, 3.05) is 19.6 Å². The van der Waals surface area contributed by atoms with Gasteiger partial charge in [0, 0.05) is 31.2 Å². The predicted octanol–water partition coefficient (Wildman–Crippen LogP) is 3.87. The van der Waals surface area contributed by atoms with Crippen molar-refractivity contribution in [1.82, 2.24) is 15.1 Å². The van der Waals surface area contributed by atoms with E-state index in [2.05, 4.69) is 10.2 Å². The molecule has 33 heavy (non-hydrogen) atoms. The summed E-state index contributed by atoms with van der Waals surface area (Å²) < 4.78 is 0. The van der Waals surface area contributed by atoms with Crippen LogP contribution in [0.1, 0.15) is 75.2 Å². The number of carbonyl (C=O) groups excluding carboxylic acids is 3. The van der Waals surface area contributed by atoms with Crippen LogP contribution in [0.5, 0.6) is 0 Å². The van der Waals surface area contributed by atoms with E-state index in [1.165, 1.54) is 37.1 Å². The number of piperidine rings is 1. The average Bonchev–Trinajstić information content (AvgIpc) is 3.43. The van der Waals surface area contributed by atoms with Crippen molar-refractivity contribution in [3.05, 3.63) is 70.8 Å². The maximum Gasteiger partial charge on any atom is 0.261 e. The number of fused-ring (bicyclic) bond motifs is 1. The highest BCUT2D eigenvalue weighted by molar-refractivity contribution is 6.22. The average molecular weight is 446 g/mol. The van der Waals surface area contributed by atoms with Crippen molar-refractivity contribution >= 4 is 17.7 Å². The lowest BCUT2D eigenvalue weighted by Gasteiger charge is -2.33. The quantitative estimate of drug-likeness (QED) is 0.686. The maximum absolute atomic E-state index is 12.9. The molecule has 2 aromatic carbocycles. The Hall–Kier alpha value is -2.99. The van der Waals surface area contributed by atoms with E-state index in [-0.39, 0.29) is 30.3 Å². The summed E-state index contributed by atoms with van der Waals surface area (Å²) in [7, 11) is 0. The van der Waals surface area contributed by atoms with E-state index in [1.54, 1.807) is 18.2 Å². The lowest BCUT2D eigenvalue weighted by atomic mass is 10.0. The molecule has 1 saturated heterocycles. The molecule has 6 heteroatoms. The highest BCUT2D eigenvalue weighted by Crippen LogP contribution is 2.27. The van der Waals surface area contributed by atoms with Crippen molar-refractivity contribution in [3.63, 3.8) is 0 Å². The van der Waals surface area contributed by atoms with Gasteiger partial charge in [-0.25, -0.2) is 0 Å². The molecule has 3 amide bonds. The largest absolute Gasteiger partial charge is 0.349 e. The fourth-order valence-corrected chi connectivity index (χ4v) is 5.43. The molecule has 0 unspecified atom stereocenters. The smallest absolute Gasteiger partial charge is 0.261 e. The summed E-state index contributed by atoms with van der Waals surface area (Å²) in [6.45, 7) is 3.47. The van der Waals surface area contributed by atoms with Gasteiger partial charge in [0.1, 0.15) is 0 Å². The molecule has 0 radical (unpaired) electrons. The number of carbonyl (C=O) groups is 3. The fourth-order valence-electron chi connectivity index (χ4n) is 5.43. The normalized spacial score (nSPS) is 19.8. The number of likely N-dealkylation sites (tertiary alicyclic amines) is 1. The topological polar surface area (TPSA) is 69.7 Å². The van der Waals surface area contributed by atoms with E-state index in [4.69, 9.17) is 0 Å². The van der Waals surface area contributed by atoms with Crippen LogP contribution in [0.4, 0.5) is 0 Å². The second kappa shape index (κ2) is 9.48. The minimum Gasteiger partial charge on any atom is -0.349 e. The molecule has 2 fully saturated rings. The summed E-state index contributed by atoms with van der Waals surface area (Å²) in [5.41, 5.74) is 2.01. The molecule has 0 atom stereocenters. The Morgan fingerprint density at radius 2 is 1.58 bits per heavy atom. The summed E-state index contributed by atoms with van der Waals surface area (Å²) in [6, 6.07) is 14.4. The van der Waals surface area contributed by atoms with Crippen molar-refractivity contribution in [3.8, 4) is 0 Å². The zero-order chi connectivity index (χ0) is 22.8. The van der Waals surface area contributed by atoms with Crippen LogP contribution in [0, 0.1) is 5.92 Å². The van der Waals surface area contributed by atoms with Gasteiger partial charge in [-0.2, -0.15) is 0 Å². The van der Waals surface area contributed by atoms with Gasteiger partial charge in [-0.1, -0.05) is 43.2 Å². The number of hydrogen-bond acceptors (Lipinski definition) is 4. The van der Waals surface area contributed by atoms with Crippen LogP contribution in [0.3, 0.4) is 0 Å². The van der Waals surface area contributed by atoms with Crippen molar-refractivity contribution in [2.24, 2.45) is 5.92 Å². The van der Waals surface area contributed by atoms with Crippen molar-refractivity contribution in [2.45, 2.75) is 51.1 Å². The lowest BCUT2D eigenvalue weighted by molar-refractivity contribution is 0.0642. The van der Waals surface area contributed by atoms with Gasteiger partial charge in [-0.05, 0) is 55.4 Å². The first-order valence-electron chi connectivity index (χ1n) is 12.2. The minimum absolute atomic E-state index is 0.150. The molecule has 172 valence electrons. The van der Waals surface area contributed by atoms with Gasteiger partial charge in [-0.15, -0.1) is 0 Å². The highest BCUT2D eigenvalue weighted by Gasteiger charge is 2.36. The second-order valence-electron chi connectivity index (χ2n) is 9.64. The van der Waals surface area contributed by atoms with E-state index in [9.17, 15) is 14.4 Å². The van der Waals surface area contributed by atoms with Crippen LogP contribution >= 0.6 is 0 Å². The Kier molecular flexibility index (Phi) is 6.27. The fraction of sp³-hybridized carbons (Fsp3) is 0.444. The minimum atomic E-state index is -0.339. The van der Waals surface area contributed by atoms with Gasteiger partial charge < -0.3 is 10.2 Å². The Labute approximate surface area is 194 Å². The number of rotatable bonds is 6. The first-order chi connectivity index (χ1) is 16.1. The van der Waals surface area contributed by atoms with Crippen LogP contribution < -0.4 is 5.32 Å². The molecular formula is C27H31N3O3. The van der Waals surface area contributed by atoms with E-state index < -0.39 is 0 Å². The van der Waals surface area contributed by atoms with Crippen LogP contribution in [0.15, 0.2) is 48.5 Å². The molecule has 2 heterocycles. The summed E-state index contributed by atoms with van der Waals surface area (Å²) in [5, 5.41) is 3.14. The Balaban J connectivity index is 1.19. The van der Waals surface area contributed by atoms with E-state index >= 15 is 0 Å². The number of amides is 3. The molecule has 1 N–H and O–H groups in total. The number of benzene rings is 2. The zero-order valence-electron chi connectivity index (χ0n) is 19.0. The van der Waals surface area contributed by atoms with Crippen LogP contribution in [-0.2, 0) is 6.54 Å². The molecule has 0 spiro atoms. The molecule has 1 aliphatic carbocycles. The zero-order valence-corrected chi connectivity index (χ0v) is 19.0. The van der Waals surface area contributed by atoms with Crippen LogP contribution in [0.2, 0.25) is 0 Å². The molecular weight excluding hydrogens is 414 g/mol. The van der Waals surface area contributed by atoms with Gasteiger partial charge >= 0.3 is 0 Å². The highest BCUT2D eigenvalue weighted by atomic mass is 16.2. The van der Waals surface area contributed by atoms with Gasteiger partial charge in [-0.3, -0.25) is 19.3 Å². The molecule has 6 nitrogen and oxygen atoms in total. The molecule has 0 aromatic heterocycles. The molecule has 2 aliphatic heterocycles. The second-order valence-corrected chi connectivity index (χ2v) is 9.64.